The Morgan fingerprint density at radius 3 is 3.12 bits per heavy atom. The number of benzene rings is 1. The molecule has 0 amide bonds. The van der Waals surface area contributed by atoms with Crippen LogP contribution in [0.15, 0.2) is 18.2 Å². The highest BCUT2D eigenvalue weighted by atomic mass is 16.5. The van der Waals surface area contributed by atoms with Gasteiger partial charge in [-0.25, -0.2) is 0 Å². The van der Waals surface area contributed by atoms with Crippen molar-refractivity contribution >= 4 is 11.7 Å². The Morgan fingerprint density at radius 2 is 2.47 bits per heavy atom. The predicted molar refractivity (Wildman–Crippen MR) is 61.1 cm³/mol. The summed E-state index contributed by atoms with van der Waals surface area (Å²) in [5, 5.41) is 17.7. The van der Waals surface area contributed by atoms with Crippen molar-refractivity contribution in [1.82, 2.24) is 0 Å². The van der Waals surface area contributed by atoms with Crippen molar-refractivity contribution in [3.63, 3.8) is 0 Å². The minimum Gasteiger partial charge on any atom is -0.488 e. The lowest BCUT2D eigenvalue weighted by Crippen LogP contribution is -2.42. The van der Waals surface area contributed by atoms with Crippen LogP contribution in [0.2, 0.25) is 0 Å². The van der Waals surface area contributed by atoms with Crippen molar-refractivity contribution in [1.29, 1.82) is 5.26 Å². The molecule has 0 saturated carbocycles. The van der Waals surface area contributed by atoms with E-state index in [-0.39, 0.29) is 19.1 Å². The maximum absolute atomic E-state index is 10.7. The van der Waals surface area contributed by atoms with E-state index in [2.05, 4.69) is 6.07 Å². The zero-order chi connectivity index (χ0) is 12.4. The standard InChI is InChI=1S/C12H12N2O3/c1-14-9(5-11(15)16)7-17-12-8(6-13)3-2-4-10(12)14/h2-4,9H,5,7H2,1H3,(H,15,16). The van der Waals surface area contributed by atoms with Gasteiger partial charge in [0.05, 0.1) is 23.7 Å². The Kier molecular flexibility index (Phi) is 2.88. The monoisotopic (exact) mass is 232 g/mol. The fourth-order valence-corrected chi connectivity index (χ4v) is 1.93. The minimum atomic E-state index is -0.856. The minimum absolute atomic E-state index is 0.0206. The molecule has 1 N–H and O–H groups in total. The lowest BCUT2D eigenvalue weighted by Gasteiger charge is -2.35. The van der Waals surface area contributed by atoms with Gasteiger partial charge >= 0.3 is 5.97 Å². The first-order valence-corrected chi connectivity index (χ1v) is 5.24. The number of nitriles is 1. The first-order valence-electron chi connectivity index (χ1n) is 5.24. The molecule has 1 aliphatic rings. The number of carboxylic acids is 1. The molecule has 1 heterocycles. The van der Waals surface area contributed by atoms with Crippen molar-refractivity contribution in [2.45, 2.75) is 12.5 Å². The number of hydrogen-bond donors (Lipinski definition) is 1. The molecule has 0 bridgehead atoms. The molecule has 17 heavy (non-hydrogen) atoms. The van der Waals surface area contributed by atoms with Gasteiger partial charge in [-0.3, -0.25) is 4.79 Å². The third kappa shape index (κ3) is 2.02. The second kappa shape index (κ2) is 4.34. The maximum Gasteiger partial charge on any atom is 0.305 e. The van der Waals surface area contributed by atoms with Crippen molar-refractivity contribution in [2.75, 3.05) is 18.6 Å². The largest absolute Gasteiger partial charge is 0.488 e. The molecule has 1 atom stereocenters. The van der Waals surface area contributed by atoms with Crippen LogP contribution < -0.4 is 9.64 Å². The number of likely N-dealkylation sites (N-methyl/N-ethyl adjacent to an activating group) is 1. The number of carboxylic acid groups (broad SMARTS) is 1. The summed E-state index contributed by atoms with van der Waals surface area (Å²) in [7, 11) is 1.82. The van der Waals surface area contributed by atoms with Crippen LogP contribution in [0, 0.1) is 11.3 Å². The van der Waals surface area contributed by atoms with Crippen LogP contribution in [0.25, 0.3) is 0 Å². The zero-order valence-electron chi connectivity index (χ0n) is 9.38. The smallest absolute Gasteiger partial charge is 0.305 e. The van der Waals surface area contributed by atoms with Gasteiger partial charge in [-0.1, -0.05) is 6.07 Å². The molecule has 1 unspecified atom stereocenters. The SMILES string of the molecule is CN1c2cccc(C#N)c2OCC1CC(=O)O. The van der Waals surface area contributed by atoms with Gasteiger partial charge < -0.3 is 14.7 Å². The molecule has 0 fully saturated rings. The molecule has 1 aromatic carbocycles. The van der Waals surface area contributed by atoms with Crippen LogP contribution >= 0.6 is 0 Å². The summed E-state index contributed by atoms with van der Waals surface area (Å²) in [4.78, 5) is 12.6. The molecule has 1 aliphatic heterocycles. The molecule has 5 nitrogen and oxygen atoms in total. The summed E-state index contributed by atoms with van der Waals surface area (Å²) in [5.41, 5.74) is 1.24. The number of hydrogen-bond acceptors (Lipinski definition) is 4. The zero-order valence-corrected chi connectivity index (χ0v) is 9.38. The topological polar surface area (TPSA) is 73.6 Å². The average molecular weight is 232 g/mol. The number of ether oxygens (including phenoxy) is 1. The number of carbonyl (C=O) groups is 1. The quantitative estimate of drug-likeness (QED) is 0.830. The highest BCUT2D eigenvalue weighted by molar-refractivity contribution is 5.71. The van der Waals surface area contributed by atoms with Gasteiger partial charge in [0, 0.05) is 7.05 Å². The van der Waals surface area contributed by atoms with Gasteiger partial charge in [-0.2, -0.15) is 5.26 Å². The number of para-hydroxylation sites is 1. The van der Waals surface area contributed by atoms with Gasteiger partial charge in [-0.15, -0.1) is 0 Å². The van der Waals surface area contributed by atoms with E-state index in [0.717, 1.165) is 5.69 Å². The van der Waals surface area contributed by atoms with Gasteiger partial charge in [0.15, 0.2) is 5.75 Å². The lowest BCUT2D eigenvalue weighted by molar-refractivity contribution is -0.137. The van der Waals surface area contributed by atoms with E-state index < -0.39 is 5.97 Å². The first kappa shape index (κ1) is 11.3. The van der Waals surface area contributed by atoms with Gasteiger partial charge in [-0.05, 0) is 12.1 Å². The van der Waals surface area contributed by atoms with Gasteiger partial charge in [0.2, 0.25) is 0 Å². The van der Waals surface area contributed by atoms with E-state index in [1.165, 1.54) is 0 Å². The second-order valence-electron chi connectivity index (χ2n) is 3.94. The Labute approximate surface area is 98.8 Å². The summed E-state index contributed by atoms with van der Waals surface area (Å²) >= 11 is 0. The lowest BCUT2D eigenvalue weighted by atomic mass is 10.1. The molecule has 5 heteroatoms. The van der Waals surface area contributed by atoms with Crippen LogP contribution in [-0.2, 0) is 4.79 Å². The number of anilines is 1. The fraction of sp³-hybridized carbons (Fsp3) is 0.333. The Hall–Kier alpha value is -2.22. The maximum atomic E-state index is 10.7. The molecular formula is C12H12N2O3. The summed E-state index contributed by atoms with van der Waals surface area (Å²) in [6, 6.07) is 7.14. The van der Waals surface area contributed by atoms with E-state index in [1.54, 1.807) is 12.1 Å². The molecule has 0 aromatic heterocycles. The molecule has 0 spiro atoms. The van der Waals surface area contributed by atoms with Crippen LogP contribution in [-0.4, -0.2) is 30.8 Å². The summed E-state index contributed by atoms with van der Waals surface area (Å²) in [5.74, 6) is -0.315. The molecule has 88 valence electrons. The van der Waals surface area contributed by atoms with Gasteiger partial charge in [0.1, 0.15) is 12.7 Å². The molecule has 0 radical (unpaired) electrons. The fourth-order valence-electron chi connectivity index (χ4n) is 1.93. The average Bonchev–Trinajstić information content (AvgIpc) is 2.31. The summed E-state index contributed by atoms with van der Waals surface area (Å²) in [6.07, 6.45) is 0.0206. The Balaban J connectivity index is 2.34. The Bertz CT molecular complexity index is 493. The van der Waals surface area contributed by atoms with Crippen LogP contribution in [0.5, 0.6) is 5.75 Å². The van der Waals surface area contributed by atoms with Gasteiger partial charge in [0.25, 0.3) is 0 Å². The third-order valence-corrected chi connectivity index (χ3v) is 2.87. The molecule has 0 aliphatic carbocycles. The summed E-state index contributed by atoms with van der Waals surface area (Å²) in [6.45, 7) is 0.286. The highest BCUT2D eigenvalue weighted by Gasteiger charge is 2.28. The molecular weight excluding hydrogens is 220 g/mol. The van der Waals surface area contributed by atoms with Crippen LogP contribution in [0.3, 0.4) is 0 Å². The van der Waals surface area contributed by atoms with E-state index in [9.17, 15) is 4.79 Å². The van der Waals surface area contributed by atoms with E-state index in [1.807, 2.05) is 18.0 Å². The number of aliphatic carboxylic acids is 1. The molecule has 1 aromatic rings. The Morgan fingerprint density at radius 1 is 1.71 bits per heavy atom. The first-order chi connectivity index (χ1) is 8.13. The highest BCUT2D eigenvalue weighted by Crippen LogP contribution is 2.36. The van der Waals surface area contributed by atoms with E-state index in [4.69, 9.17) is 15.1 Å². The predicted octanol–water partition coefficient (Wildman–Crippen LogP) is 1.23. The van der Waals surface area contributed by atoms with Crippen molar-refractivity contribution < 1.29 is 14.6 Å². The van der Waals surface area contributed by atoms with E-state index in [0.29, 0.717) is 11.3 Å². The normalized spacial score (nSPS) is 17.9. The molecule has 2 rings (SSSR count). The number of fused-ring (bicyclic) bond motifs is 1. The van der Waals surface area contributed by atoms with Crippen LogP contribution in [0.4, 0.5) is 5.69 Å². The third-order valence-electron chi connectivity index (χ3n) is 2.87. The second-order valence-corrected chi connectivity index (χ2v) is 3.94. The van der Waals surface area contributed by atoms with Crippen molar-refractivity contribution in [3.8, 4) is 11.8 Å². The molecule has 0 saturated heterocycles. The summed E-state index contributed by atoms with van der Waals surface area (Å²) < 4.78 is 5.50. The van der Waals surface area contributed by atoms with Crippen molar-refractivity contribution in [2.24, 2.45) is 0 Å². The van der Waals surface area contributed by atoms with Crippen molar-refractivity contribution in [3.05, 3.63) is 23.8 Å². The van der Waals surface area contributed by atoms with Crippen LogP contribution in [0.1, 0.15) is 12.0 Å². The number of nitrogens with zero attached hydrogens (tertiary/aromatic N) is 2. The number of rotatable bonds is 2. The van der Waals surface area contributed by atoms with E-state index >= 15 is 0 Å².